The van der Waals surface area contributed by atoms with Gasteiger partial charge in [-0.05, 0) is 50.3 Å². The maximum atomic E-state index is 12.6. The predicted molar refractivity (Wildman–Crippen MR) is 96.9 cm³/mol. The van der Waals surface area contributed by atoms with E-state index >= 15 is 0 Å². The molecular weight excluding hydrogens is 330 g/mol. The van der Waals surface area contributed by atoms with Crippen LogP contribution in [0.2, 0.25) is 0 Å². The number of pyridine rings is 1. The Morgan fingerprint density at radius 1 is 1.23 bits per heavy atom. The lowest BCUT2D eigenvalue weighted by atomic mass is 9.97. The standard InChI is InChI=1S/C19H23N5O2/c1-12-21-11-16(17(22-12)13-4-5-13)24-19(25)23-15-3-2-10-26-18(15)14-6-8-20-9-7-14/h6-9,11,13,15,18H,2-5,10H2,1H3,(H2,23,24,25)/t15-,18+/m0/s1. The van der Waals surface area contributed by atoms with Crippen LogP contribution in [0.1, 0.15) is 54.8 Å². The number of hydrogen-bond donors (Lipinski definition) is 2. The van der Waals surface area contributed by atoms with Crippen LogP contribution in [-0.2, 0) is 4.74 Å². The maximum absolute atomic E-state index is 12.6. The molecule has 136 valence electrons. The number of aromatic nitrogens is 3. The first-order valence-electron chi connectivity index (χ1n) is 9.13. The van der Waals surface area contributed by atoms with Crippen molar-refractivity contribution < 1.29 is 9.53 Å². The Hall–Kier alpha value is -2.54. The average molecular weight is 353 g/mol. The van der Waals surface area contributed by atoms with Crippen LogP contribution < -0.4 is 10.6 Å². The van der Waals surface area contributed by atoms with E-state index < -0.39 is 0 Å². The molecule has 7 heteroatoms. The van der Waals surface area contributed by atoms with E-state index in [1.165, 1.54) is 0 Å². The molecule has 0 bridgehead atoms. The van der Waals surface area contributed by atoms with Gasteiger partial charge in [0.2, 0.25) is 0 Å². The van der Waals surface area contributed by atoms with E-state index in [4.69, 9.17) is 4.74 Å². The Balaban J connectivity index is 1.45. The molecule has 7 nitrogen and oxygen atoms in total. The number of anilines is 1. The summed E-state index contributed by atoms with van der Waals surface area (Å²) in [7, 11) is 0. The summed E-state index contributed by atoms with van der Waals surface area (Å²) in [6, 6.07) is 3.54. The fourth-order valence-electron chi connectivity index (χ4n) is 3.39. The van der Waals surface area contributed by atoms with Crippen molar-refractivity contribution in [2.45, 2.75) is 50.7 Å². The van der Waals surface area contributed by atoms with Crippen LogP contribution in [0.4, 0.5) is 10.5 Å². The molecule has 2 atom stereocenters. The van der Waals surface area contributed by atoms with Crippen LogP contribution in [0.15, 0.2) is 30.7 Å². The molecule has 0 unspecified atom stereocenters. The van der Waals surface area contributed by atoms with Gasteiger partial charge in [-0.1, -0.05) is 0 Å². The van der Waals surface area contributed by atoms with E-state index in [-0.39, 0.29) is 18.2 Å². The van der Waals surface area contributed by atoms with Crippen molar-refractivity contribution >= 4 is 11.7 Å². The zero-order chi connectivity index (χ0) is 17.9. The van der Waals surface area contributed by atoms with Crippen molar-refractivity contribution in [2.75, 3.05) is 11.9 Å². The maximum Gasteiger partial charge on any atom is 0.319 e. The van der Waals surface area contributed by atoms with Crippen molar-refractivity contribution in [3.05, 3.63) is 47.8 Å². The second-order valence-corrected chi connectivity index (χ2v) is 6.91. The minimum absolute atomic E-state index is 0.0816. The quantitative estimate of drug-likeness (QED) is 0.882. The lowest BCUT2D eigenvalue weighted by Gasteiger charge is -2.32. The molecule has 2 amide bonds. The Labute approximate surface area is 152 Å². The van der Waals surface area contributed by atoms with Gasteiger partial charge in [0.25, 0.3) is 0 Å². The topological polar surface area (TPSA) is 89.0 Å². The van der Waals surface area contributed by atoms with Crippen LogP contribution >= 0.6 is 0 Å². The van der Waals surface area contributed by atoms with Crippen LogP contribution in [0.3, 0.4) is 0 Å². The van der Waals surface area contributed by atoms with E-state index in [0.717, 1.165) is 42.8 Å². The Kier molecular flexibility index (Phi) is 4.79. The van der Waals surface area contributed by atoms with E-state index in [0.29, 0.717) is 18.2 Å². The number of nitrogens with zero attached hydrogens (tertiary/aromatic N) is 3. The highest BCUT2D eigenvalue weighted by atomic mass is 16.5. The van der Waals surface area contributed by atoms with Crippen molar-refractivity contribution in [2.24, 2.45) is 0 Å². The third kappa shape index (κ3) is 3.83. The average Bonchev–Trinajstić information content (AvgIpc) is 3.49. The van der Waals surface area contributed by atoms with Gasteiger partial charge in [0.15, 0.2) is 0 Å². The number of rotatable bonds is 4. The minimum atomic E-state index is -0.242. The fourth-order valence-corrected chi connectivity index (χ4v) is 3.39. The number of hydrogen-bond acceptors (Lipinski definition) is 5. The summed E-state index contributed by atoms with van der Waals surface area (Å²) in [5.41, 5.74) is 2.67. The molecule has 2 aromatic heterocycles. The Morgan fingerprint density at radius 2 is 2.04 bits per heavy atom. The highest BCUT2D eigenvalue weighted by Gasteiger charge is 2.31. The first kappa shape index (κ1) is 16.9. The largest absolute Gasteiger partial charge is 0.371 e. The number of nitrogens with one attached hydrogen (secondary N) is 2. The highest BCUT2D eigenvalue weighted by Crippen LogP contribution is 2.42. The molecule has 1 saturated carbocycles. The molecule has 2 aliphatic rings. The monoisotopic (exact) mass is 353 g/mol. The highest BCUT2D eigenvalue weighted by molar-refractivity contribution is 5.90. The van der Waals surface area contributed by atoms with Crippen LogP contribution in [0, 0.1) is 6.92 Å². The molecule has 26 heavy (non-hydrogen) atoms. The summed E-state index contributed by atoms with van der Waals surface area (Å²) >= 11 is 0. The summed E-state index contributed by atoms with van der Waals surface area (Å²) in [6.45, 7) is 2.57. The Morgan fingerprint density at radius 3 is 2.81 bits per heavy atom. The SMILES string of the molecule is Cc1ncc(NC(=O)N[C@H]2CCCO[C@@H]2c2ccncc2)c(C2CC2)n1. The van der Waals surface area contributed by atoms with Crippen molar-refractivity contribution in [3.63, 3.8) is 0 Å². The Bertz CT molecular complexity index is 779. The molecule has 4 rings (SSSR count). The molecule has 2 aromatic rings. The van der Waals surface area contributed by atoms with E-state index in [1.807, 2.05) is 19.1 Å². The zero-order valence-electron chi connectivity index (χ0n) is 14.8. The van der Waals surface area contributed by atoms with Crippen molar-refractivity contribution in [3.8, 4) is 0 Å². The summed E-state index contributed by atoms with van der Waals surface area (Å²) in [5.74, 6) is 1.17. The second-order valence-electron chi connectivity index (χ2n) is 6.91. The van der Waals surface area contributed by atoms with Gasteiger partial charge >= 0.3 is 6.03 Å². The summed E-state index contributed by atoms with van der Waals surface area (Å²) < 4.78 is 5.92. The summed E-state index contributed by atoms with van der Waals surface area (Å²) in [6.07, 6.45) is 9.07. The first-order chi connectivity index (χ1) is 12.7. The smallest absolute Gasteiger partial charge is 0.319 e. The lowest BCUT2D eigenvalue weighted by molar-refractivity contribution is -0.00701. The van der Waals surface area contributed by atoms with Crippen LogP contribution in [0.5, 0.6) is 0 Å². The molecular formula is C19H23N5O2. The molecule has 2 N–H and O–H groups in total. The predicted octanol–water partition coefficient (Wildman–Crippen LogP) is 3.10. The van der Waals surface area contributed by atoms with Gasteiger partial charge in [-0.2, -0.15) is 0 Å². The van der Waals surface area contributed by atoms with Gasteiger partial charge in [-0.3, -0.25) is 4.98 Å². The van der Waals surface area contributed by atoms with Gasteiger partial charge in [-0.25, -0.2) is 14.8 Å². The number of aryl methyl sites for hydroxylation is 1. The molecule has 1 aliphatic heterocycles. The molecule has 0 spiro atoms. The molecule has 1 aliphatic carbocycles. The van der Waals surface area contributed by atoms with Gasteiger partial charge in [0, 0.05) is 24.9 Å². The molecule has 0 aromatic carbocycles. The van der Waals surface area contributed by atoms with Crippen LogP contribution in [0.25, 0.3) is 0 Å². The van der Waals surface area contributed by atoms with Crippen molar-refractivity contribution in [1.82, 2.24) is 20.3 Å². The first-order valence-corrected chi connectivity index (χ1v) is 9.13. The lowest BCUT2D eigenvalue weighted by Crippen LogP contribution is -2.44. The van der Waals surface area contributed by atoms with E-state index in [2.05, 4.69) is 25.6 Å². The number of urea groups is 1. The van der Waals surface area contributed by atoms with Gasteiger partial charge in [-0.15, -0.1) is 0 Å². The third-order valence-electron chi connectivity index (χ3n) is 4.82. The van der Waals surface area contributed by atoms with Gasteiger partial charge < -0.3 is 15.4 Å². The summed E-state index contributed by atoms with van der Waals surface area (Å²) in [4.78, 5) is 25.4. The number of ether oxygens (including phenoxy) is 1. The molecule has 0 radical (unpaired) electrons. The van der Waals surface area contributed by atoms with Gasteiger partial charge in [0.1, 0.15) is 11.9 Å². The normalized spacial score (nSPS) is 22.7. The second kappa shape index (κ2) is 7.37. The van der Waals surface area contributed by atoms with Crippen LogP contribution in [-0.4, -0.2) is 33.6 Å². The van der Waals surface area contributed by atoms with Crippen molar-refractivity contribution in [1.29, 1.82) is 0 Å². The fraction of sp³-hybridized carbons (Fsp3) is 0.474. The third-order valence-corrected chi connectivity index (χ3v) is 4.82. The number of carbonyl (C=O) groups excluding carboxylic acids is 1. The molecule has 1 saturated heterocycles. The number of amides is 2. The number of carbonyl (C=O) groups is 1. The minimum Gasteiger partial charge on any atom is -0.371 e. The molecule has 3 heterocycles. The summed E-state index contributed by atoms with van der Waals surface area (Å²) in [5, 5.41) is 6.00. The van der Waals surface area contributed by atoms with E-state index in [1.54, 1.807) is 18.6 Å². The van der Waals surface area contributed by atoms with Gasteiger partial charge in [0.05, 0.1) is 23.6 Å². The molecule has 2 fully saturated rings. The van der Waals surface area contributed by atoms with E-state index in [9.17, 15) is 4.79 Å². The zero-order valence-corrected chi connectivity index (χ0v) is 14.8.